The van der Waals surface area contributed by atoms with E-state index in [1.54, 1.807) is 12.1 Å². The lowest BCUT2D eigenvalue weighted by Crippen LogP contribution is -2.34. The molecule has 0 N–H and O–H groups in total. The smallest absolute Gasteiger partial charge is 0.274 e. The second-order valence-corrected chi connectivity index (χ2v) is 7.97. The first-order valence-corrected chi connectivity index (χ1v) is 9.90. The molecule has 8 nitrogen and oxygen atoms in total. The van der Waals surface area contributed by atoms with E-state index >= 15 is 0 Å². The van der Waals surface area contributed by atoms with Crippen LogP contribution in [-0.4, -0.2) is 64.3 Å². The summed E-state index contributed by atoms with van der Waals surface area (Å²) in [5.41, 5.74) is 2.95. The molecule has 2 aromatic heterocycles. The third kappa shape index (κ3) is 2.87. The molecule has 2 unspecified atom stereocenters. The Morgan fingerprint density at radius 3 is 2.54 bits per heavy atom. The van der Waals surface area contributed by atoms with Crippen LogP contribution in [0.5, 0.6) is 5.88 Å². The van der Waals surface area contributed by atoms with E-state index < -0.39 is 0 Å². The van der Waals surface area contributed by atoms with Crippen LogP contribution < -0.4 is 9.64 Å². The Balaban J connectivity index is 1.28. The maximum atomic E-state index is 12.8. The lowest BCUT2D eigenvalue weighted by atomic mass is 10.0. The number of fused-ring (bicyclic) bond motifs is 2. The Morgan fingerprint density at radius 1 is 1.07 bits per heavy atom. The predicted octanol–water partition coefficient (Wildman–Crippen LogP) is 1.28. The fraction of sp³-hybridized carbons (Fsp3) is 0.550. The van der Waals surface area contributed by atoms with E-state index in [1.807, 2.05) is 11.8 Å². The third-order valence-electron chi connectivity index (χ3n) is 6.16. The molecular formula is C20H24N6O2. The molecule has 2 aromatic rings. The minimum absolute atomic E-state index is 0.0464. The highest BCUT2D eigenvalue weighted by atomic mass is 16.5. The van der Waals surface area contributed by atoms with E-state index in [0.717, 1.165) is 50.7 Å². The van der Waals surface area contributed by atoms with Crippen LogP contribution in [0.25, 0.3) is 0 Å². The van der Waals surface area contributed by atoms with Crippen molar-refractivity contribution in [3.8, 4) is 5.88 Å². The first-order chi connectivity index (χ1) is 13.6. The minimum Gasteiger partial charge on any atom is -0.480 e. The quantitative estimate of drug-likeness (QED) is 0.793. The highest BCUT2D eigenvalue weighted by Gasteiger charge is 2.43. The van der Waals surface area contributed by atoms with Crippen LogP contribution in [0.15, 0.2) is 12.1 Å². The van der Waals surface area contributed by atoms with Crippen LogP contribution in [0.3, 0.4) is 0 Å². The zero-order valence-electron chi connectivity index (χ0n) is 16.3. The SMILES string of the molecule is COc1ccc(C(=O)N2CC3CN(c4nc(C)nc5c4CCC5)CC3C2)nn1. The molecule has 0 saturated carbocycles. The monoisotopic (exact) mass is 380 g/mol. The maximum Gasteiger partial charge on any atom is 0.274 e. The summed E-state index contributed by atoms with van der Waals surface area (Å²) in [6, 6.07) is 3.36. The van der Waals surface area contributed by atoms with Gasteiger partial charge in [-0.1, -0.05) is 0 Å². The van der Waals surface area contributed by atoms with Crippen molar-refractivity contribution in [2.24, 2.45) is 11.8 Å². The molecule has 0 spiro atoms. The summed E-state index contributed by atoms with van der Waals surface area (Å²) in [5.74, 6) is 3.31. The molecule has 146 valence electrons. The lowest BCUT2D eigenvalue weighted by molar-refractivity contribution is 0.0775. The highest BCUT2D eigenvalue weighted by Crippen LogP contribution is 2.37. The number of aryl methyl sites for hydroxylation is 2. The molecule has 0 radical (unpaired) electrons. The van der Waals surface area contributed by atoms with Gasteiger partial charge in [-0.25, -0.2) is 9.97 Å². The van der Waals surface area contributed by atoms with Gasteiger partial charge in [-0.15, -0.1) is 10.2 Å². The molecule has 2 atom stereocenters. The molecule has 0 aromatic carbocycles. The summed E-state index contributed by atoms with van der Waals surface area (Å²) in [7, 11) is 1.54. The molecule has 8 heteroatoms. The van der Waals surface area contributed by atoms with Crippen molar-refractivity contribution in [3.05, 3.63) is 34.9 Å². The molecule has 4 heterocycles. The fourth-order valence-corrected chi connectivity index (χ4v) is 4.83. The van der Waals surface area contributed by atoms with Gasteiger partial charge in [0.25, 0.3) is 5.91 Å². The first kappa shape index (κ1) is 17.3. The summed E-state index contributed by atoms with van der Waals surface area (Å²) < 4.78 is 5.01. The van der Waals surface area contributed by atoms with Crippen molar-refractivity contribution in [3.63, 3.8) is 0 Å². The number of carbonyl (C=O) groups excluding carboxylic acids is 1. The number of ether oxygens (including phenoxy) is 1. The minimum atomic E-state index is -0.0464. The number of rotatable bonds is 3. The molecule has 2 saturated heterocycles. The van der Waals surface area contributed by atoms with Crippen molar-refractivity contribution in [2.75, 3.05) is 38.2 Å². The Kier molecular flexibility index (Phi) is 4.14. The molecule has 5 rings (SSSR count). The van der Waals surface area contributed by atoms with E-state index in [2.05, 4.69) is 20.1 Å². The first-order valence-electron chi connectivity index (χ1n) is 9.90. The zero-order valence-corrected chi connectivity index (χ0v) is 16.3. The Morgan fingerprint density at radius 2 is 1.86 bits per heavy atom. The predicted molar refractivity (Wildman–Crippen MR) is 102 cm³/mol. The number of hydrogen-bond acceptors (Lipinski definition) is 7. The van der Waals surface area contributed by atoms with Crippen LogP contribution >= 0.6 is 0 Å². The van der Waals surface area contributed by atoms with Crippen LogP contribution in [0, 0.1) is 18.8 Å². The molecule has 0 bridgehead atoms. The number of methoxy groups -OCH3 is 1. The summed E-state index contributed by atoms with van der Waals surface area (Å²) in [6.07, 6.45) is 3.32. The van der Waals surface area contributed by atoms with E-state index in [4.69, 9.17) is 9.72 Å². The summed E-state index contributed by atoms with van der Waals surface area (Å²) in [5, 5.41) is 7.92. The largest absolute Gasteiger partial charge is 0.480 e. The van der Waals surface area contributed by atoms with E-state index in [0.29, 0.717) is 23.4 Å². The van der Waals surface area contributed by atoms with Gasteiger partial charge in [-0.2, -0.15) is 0 Å². The van der Waals surface area contributed by atoms with Crippen molar-refractivity contribution in [1.82, 2.24) is 25.1 Å². The average molecular weight is 380 g/mol. The van der Waals surface area contributed by atoms with Crippen LogP contribution in [0.4, 0.5) is 5.82 Å². The Hall–Kier alpha value is -2.77. The highest BCUT2D eigenvalue weighted by molar-refractivity contribution is 5.92. The molecule has 2 aliphatic heterocycles. The van der Waals surface area contributed by atoms with Gasteiger partial charge >= 0.3 is 0 Å². The number of carbonyl (C=O) groups is 1. The molecule has 28 heavy (non-hydrogen) atoms. The molecule has 3 aliphatic rings. The van der Waals surface area contributed by atoms with E-state index in [-0.39, 0.29) is 5.91 Å². The Bertz CT molecular complexity index is 902. The van der Waals surface area contributed by atoms with Gasteiger partial charge in [-0.05, 0) is 32.3 Å². The average Bonchev–Trinajstić information content (AvgIpc) is 3.41. The van der Waals surface area contributed by atoms with Gasteiger partial charge in [0, 0.05) is 55.3 Å². The second-order valence-electron chi connectivity index (χ2n) is 7.97. The normalized spacial score (nSPS) is 23.1. The van der Waals surface area contributed by atoms with Crippen LogP contribution in [0.1, 0.15) is 34.0 Å². The van der Waals surface area contributed by atoms with Crippen molar-refractivity contribution in [1.29, 1.82) is 0 Å². The maximum absolute atomic E-state index is 12.8. The molecule has 1 amide bonds. The number of hydrogen-bond donors (Lipinski definition) is 0. The van der Waals surface area contributed by atoms with Crippen molar-refractivity contribution in [2.45, 2.75) is 26.2 Å². The van der Waals surface area contributed by atoms with Gasteiger partial charge in [0.15, 0.2) is 5.69 Å². The fourth-order valence-electron chi connectivity index (χ4n) is 4.83. The van der Waals surface area contributed by atoms with Crippen molar-refractivity contribution >= 4 is 11.7 Å². The van der Waals surface area contributed by atoms with Gasteiger partial charge in [0.2, 0.25) is 5.88 Å². The third-order valence-corrected chi connectivity index (χ3v) is 6.16. The summed E-state index contributed by atoms with van der Waals surface area (Å²) in [6.45, 7) is 5.41. The lowest BCUT2D eigenvalue weighted by Gasteiger charge is -2.24. The Labute approximate surface area is 163 Å². The molecular weight excluding hydrogens is 356 g/mol. The van der Waals surface area contributed by atoms with Crippen LogP contribution in [-0.2, 0) is 12.8 Å². The topological polar surface area (TPSA) is 84.3 Å². The summed E-state index contributed by atoms with van der Waals surface area (Å²) in [4.78, 5) is 26.5. The number of nitrogens with zero attached hydrogens (tertiary/aromatic N) is 6. The number of likely N-dealkylation sites (tertiary alicyclic amines) is 1. The molecule has 1 aliphatic carbocycles. The number of aromatic nitrogens is 4. The van der Waals surface area contributed by atoms with Gasteiger partial charge in [-0.3, -0.25) is 4.79 Å². The van der Waals surface area contributed by atoms with Gasteiger partial charge < -0.3 is 14.5 Å². The van der Waals surface area contributed by atoms with E-state index in [1.165, 1.54) is 24.8 Å². The molecule has 2 fully saturated rings. The van der Waals surface area contributed by atoms with E-state index in [9.17, 15) is 4.79 Å². The standard InChI is InChI=1S/C20H24N6O2/c1-12-21-16-5-3-4-15(16)19(22-12)25-8-13-10-26(11-14(13)9-25)20(27)17-6-7-18(28-2)24-23-17/h6-7,13-14H,3-5,8-11H2,1-2H3. The van der Waals surface area contributed by atoms with Gasteiger partial charge in [0.05, 0.1) is 7.11 Å². The second kappa shape index (κ2) is 6.68. The number of anilines is 1. The zero-order chi connectivity index (χ0) is 19.3. The van der Waals surface area contributed by atoms with Gasteiger partial charge in [0.1, 0.15) is 11.6 Å². The van der Waals surface area contributed by atoms with Crippen molar-refractivity contribution < 1.29 is 9.53 Å². The van der Waals surface area contributed by atoms with Crippen LogP contribution in [0.2, 0.25) is 0 Å². The summed E-state index contributed by atoms with van der Waals surface area (Å²) >= 11 is 0. The number of amides is 1.